The van der Waals surface area contributed by atoms with Gasteiger partial charge in [-0.1, -0.05) is 23.2 Å². The van der Waals surface area contributed by atoms with E-state index in [-0.39, 0.29) is 41.8 Å². The first-order chi connectivity index (χ1) is 8.45. The molecule has 1 N–H and O–H groups in total. The summed E-state index contributed by atoms with van der Waals surface area (Å²) in [6.45, 7) is 1.67. The van der Waals surface area contributed by atoms with E-state index in [2.05, 4.69) is 4.74 Å². The van der Waals surface area contributed by atoms with Gasteiger partial charge in [-0.2, -0.15) is 0 Å². The van der Waals surface area contributed by atoms with E-state index in [9.17, 15) is 14.7 Å². The number of esters is 1. The molecule has 98 valence electrons. The Balaban J connectivity index is 0.00000324. The van der Waals surface area contributed by atoms with Crippen LogP contribution >= 0.6 is 23.2 Å². The molecule has 0 aliphatic carbocycles. The monoisotopic (exact) mass is 296 g/mol. The van der Waals surface area contributed by atoms with Crippen LogP contribution in [0.4, 0.5) is 0 Å². The Morgan fingerprint density at radius 1 is 1.32 bits per heavy atom. The van der Waals surface area contributed by atoms with Crippen molar-refractivity contribution in [2.75, 3.05) is 6.61 Å². The van der Waals surface area contributed by atoms with E-state index in [1.807, 2.05) is 0 Å². The predicted molar refractivity (Wildman–Crippen MR) is 75.9 cm³/mol. The molecule has 0 aliphatic heterocycles. The summed E-state index contributed by atoms with van der Waals surface area (Å²) >= 11 is 11.5. The van der Waals surface area contributed by atoms with E-state index in [0.717, 1.165) is 6.08 Å². The van der Waals surface area contributed by atoms with Gasteiger partial charge >= 0.3 is 24.8 Å². The first-order valence-electron chi connectivity index (χ1n) is 5.03. The summed E-state index contributed by atoms with van der Waals surface area (Å²) in [7, 11) is 0. The number of halogens is 2. The average Bonchev–Trinajstić information content (AvgIpc) is 2.32. The van der Waals surface area contributed by atoms with Crippen LogP contribution in [0.1, 0.15) is 12.5 Å². The quantitative estimate of drug-likeness (QED) is 0.305. The van der Waals surface area contributed by atoms with Gasteiger partial charge in [0.2, 0.25) is 0 Å². The number of carbonyl (C=O) groups is 2. The first-order valence-corrected chi connectivity index (χ1v) is 5.78. The number of aliphatic hydroxyl groups is 1. The van der Waals surface area contributed by atoms with Crippen molar-refractivity contribution >= 4 is 59.6 Å². The van der Waals surface area contributed by atoms with Gasteiger partial charge < -0.3 is 9.84 Å². The van der Waals surface area contributed by atoms with Crippen molar-refractivity contribution in [3.63, 3.8) is 0 Å². The molecule has 0 saturated carbocycles. The van der Waals surface area contributed by atoms with Crippen LogP contribution in [-0.4, -0.2) is 42.3 Å². The topological polar surface area (TPSA) is 63.6 Å². The predicted octanol–water partition coefficient (Wildman–Crippen LogP) is 2.38. The number of aliphatic hydroxyl groups excluding tert-OH is 1. The number of benzene rings is 1. The van der Waals surface area contributed by atoms with Gasteiger partial charge in [-0.25, -0.2) is 4.79 Å². The summed E-state index contributed by atoms with van der Waals surface area (Å²) in [6, 6.07) is 4.32. The van der Waals surface area contributed by atoms with Crippen molar-refractivity contribution in [2.24, 2.45) is 0 Å². The molecule has 4 nitrogen and oxygen atoms in total. The van der Waals surface area contributed by atoms with Gasteiger partial charge in [-0.05, 0) is 25.1 Å². The molecule has 0 fully saturated rings. The zero-order valence-corrected chi connectivity index (χ0v) is 11.0. The van der Waals surface area contributed by atoms with E-state index in [0.29, 0.717) is 5.02 Å². The molecule has 19 heavy (non-hydrogen) atoms. The van der Waals surface area contributed by atoms with Crippen molar-refractivity contribution in [3.05, 3.63) is 39.9 Å². The number of ketones is 1. The summed E-state index contributed by atoms with van der Waals surface area (Å²) < 4.78 is 4.49. The Morgan fingerprint density at radius 3 is 2.47 bits per heavy atom. The summed E-state index contributed by atoms with van der Waals surface area (Å²) in [5.74, 6) is -2.35. The number of carbonyl (C=O) groups excluding carboxylic acids is 2. The molecule has 0 spiro atoms. The molecule has 1 rings (SSSR count). The Morgan fingerprint density at radius 2 is 1.95 bits per heavy atom. The Bertz CT molecular complexity index is 514. The number of hydrogen-bond donors (Lipinski definition) is 1. The second-order valence-corrected chi connectivity index (χ2v) is 4.06. The summed E-state index contributed by atoms with van der Waals surface area (Å²) in [4.78, 5) is 22.4. The molecule has 0 atom stereocenters. The molecule has 0 amide bonds. The van der Waals surface area contributed by atoms with Crippen LogP contribution in [0.25, 0.3) is 5.76 Å². The van der Waals surface area contributed by atoms with E-state index in [1.165, 1.54) is 18.2 Å². The van der Waals surface area contributed by atoms with Crippen molar-refractivity contribution in [2.45, 2.75) is 6.92 Å². The van der Waals surface area contributed by atoms with E-state index in [1.54, 1.807) is 6.92 Å². The molecule has 0 radical (unpaired) electrons. The van der Waals surface area contributed by atoms with Gasteiger partial charge in [0.05, 0.1) is 16.7 Å². The van der Waals surface area contributed by atoms with Gasteiger partial charge in [0.15, 0.2) is 0 Å². The molecule has 1 aromatic carbocycles. The molecule has 0 aliphatic rings. The number of hydrogen-bond acceptors (Lipinski definition) is 4. The molecule has 0 heterocycles. The summed E-state index contributed by atoms with van der Waals surface area (Å²) in [5.41, 5.74) is 0.280. The Kier molecular flexibility index (Phi) is 7.89. The second kappa shape index (κ2) is 8.29. The van der Waals surface area contributed by atoms with Crippen molar-refractivity contribution < 1.29 is 19.4 Å². The normalized spacial score (nSPS) is 10.6. The second-order valence-electron chi connectivity index (χ2n) is 3.24. The molecule has 0 unspecified atom stereocenters. The van der Waals surface area contributed by atoms with Crippen LogP contribution in [0.5, 0.6) is 0 Å². The number of rotatable bonds is 4. The van der Waals surface area contributed by atoms with Crippen LogP contribution in [0, 0.1) is 0 Å². The van der Waals surface area contributed by atoms with Gasteiger partial charge in [0.1, 0.15) is 5.76 Å². The third-order valence-corrected chi connectivity index (χ3v) is 2.70. The van der Waals surface area contributed by atoms with Crippen molar-refractivity contribution in [3.8, 4) is 0 Å². The zero-order chi connectivity index (χ0) is 13.7. The molecule has 1 aromatic rings. The van der Waals surface area contributed by atoms with E-state index < -0.39 is 11.8 Å². The maximum absolute atomic E-state index is 11.3. The van der Waals surface area contributed by atoms with Gasteiger partial charge in [0, 0.05) is 11.6 Å². The molecule has 0 aromatic heterocycles. The van der Waals surface area contributed by atoms with Crippen LogP contribution in [0.15, 0.2) is 24.3 Å². The fourth-order valence-corrected chi connectivity index (χ4v) is 1.42. The maximum atomic E-state index is 11.3. The summed E-state index contributed by atoms with van der Waals surface area (Å²) in [6.07, 6.45) is 0.775. The number of ether oxygens (including phenoxy) is 1. The average molecular weight is 297 g/mol. The fourth-order valence-electron chi connectivity index (χ4n) is 1.12. The molecular weight excluding hydrogens is 286 g/mol. The minimum absolute atomic E-state index is 0. The fraction of sp³-hybridized carbons (Fsp3) is 0.167. The van der Waals surface area contributed by atoms with Crippen LogP contribution < -0.4 is 0 Å². The zero-order valence-electron chi connectivity index (χ0n) is 9.44. The van der Waals surface area contributed by atoms with E-state index >= 15 is 0 Å². The molecule has 0 bridgehead atoms. The SMILES string of the molecule is CCOC(=O)C(=O)/C=C(\O)c1ccc(Cl)c(Cl)c1.[LiH]. The van der Waals surface area contributed by atoms with Crippen LogP contribution in [0.3, 0.4) is 0 Å². The Hall–Kier alpha value is -0.923. The van der Waals surface area contributed by atoms with Crippen LogP contribution in [-0.2, 0) is 14.3 Å². The molecule has 0 saturated heterocycles. The van der Waals surface area contributed by atoms with Crippen molar-refractivity contribution in [1.82, 2.24) is 0 Å². The summed E-state index contributed by atoms with van der Waals surface area (Å²) in [5, 5.41) is 10.2. The molecule has 7 heteroatoms. The van der Waals surface area contributed by atoms with Gasteiger partial charge in [-0.15, -0.1) is 0 Å². The first kappa shape index (κ1) is 18.1. The molecular formula is C12H11Cl2LiO4. The third kappa shape index (κ3) is 5.29. The standard InChI is InChI=1S/C12H10Cl2O4.Li.H/c1-2-18-12(17)11(16)6-10(15)7-3-4-8(13)9(14)5-7;;/h3-6,15H,2H2,1H3;;/b10-6-;;. The van der Waals surface area contributed by atoms with Crippen molar-refractivity contribution in [1.29, 1.82) is 0 Å². The van der Waals surface area contributed by atoms with E-state index in [4.69, 9.17) is 23.2 Å². The van der Waals surface area contributed by atoms with Gasteiger partial charge in [-0.3, -0.25) is 4.79 Å². The minimum atomic E-state index is -1.02. The third-order valence-electron chi connectivity index (χ3n) is 1.96. The Labute approximate surface area is 132 Å². The van der Waals surface area contributed by atoms with Gasteiger partial charge in [0.25, 0.3) is 5.78 Å². The van der Waals surface area contributed by atoms with Crippen LogP contribution in [0.2, 0.25) is 10.0 Å².